The Bertz CT molecular complexity index is 1100. The van der Waals surface area contributed by atoms with Gasteiger partial charge in [0.1, 0.15) is 17.6 Å². The van der Waals surface area contributed by atoms with Crippen LogP contribution in [-0.4, -0.2) is 41.7 Å². The molecule has 0 saturated carbocycles. The summed E-state index contributed by atoms with van der Waals surface area (Å²) in [5.41, 5.74) is 8.79. The van der Waals surface area contributed by atoms with Crippen LogP contribution < -0.4 is 20.5 Å². The highest BCUT2D eigenvalue weighted by Gasteiger charge is 2.30. The minimum Gasteiger partial charge on any atom is -0.496 e. The van der Waals surface area contributed by atoms with Gasteiger partial charge in [-0.1, -0.05) is 13.8 Å². The van der Waals surface area contributed by atoms with Gasteiger partial charge in [0.15, 0.2) is 0 Å². The summed E-state index contributed by atoms with van der Waals surface area (Å²) in [5.74, 6) is 1.50. The summed E-state index contributed by atoms with van der Waals surface area (Å²) < 4.78 is 11.8. The molecule has 1 fully saturated rings. The lowest BCUT2D eigenvalue weighted by Gasteiger charge is -2.17. The molecule has 0 spiro atoms. The van der Waals surface area contributed by atoms with Crippen LogP contribution in [0.3, 0.4) is 0 Å². The van der Waals surface area contributed by atoms with E-state index in [2.05, 4.69) is 19.2 Å². The van der Waals surface area contributed by atoms with E-state index in [1.165, 1.54) is 0 Å². The average molecular weight is 427 g/mol. The zero-order valence-electron chi connectivity index (χ0n) is 17.6. The second-order valence-electron chi connectivity index (χ2n) is 7.86. The zero-order chi connectivity index (χ0) is 21.4. The van der Waals surface area contributed by atoms with Crippen molar-refractivity contribution in [3.8, 4) is 22.9 Å². The van der Waals surface area contributed by atoms with E-state index in [9.17, 15) is 4.79 Å². The summed E-state index contributed by atoms with van der Waals surface area (Å²) in [6.07, 6.45) is 0.391. The molecule has 0 aliphatic carbocycles. The lowest BCUT2D eigenvalue weighted by atomic mass is 10.1. The molecule has 3 aromatic rings. The number of carbonyl (C=O) groups is 1. The fourth-order valence-electron chi connectivity index (χ4n) is 3.69. The molecule has 1 aliphatic heterocycles. The molecule has 4 rings (SSSR count). The van der Waals surface area contributed by atoms with Crippen LogP contribution >= 0.6 is 11.3 Å². The molecular weight excluding hydrogens is 400 g/mol. The van der Waals surface area contributed by atoms with Crippen molar-refractivity contribution in [2.45, 2.75) is 45.3 Å². The molecule has 2 unspecified atom stereocenters. The van der Waals surface area contributed by atoms with Gasteiger partial charge in [0.05, 0.1) is 35.1 Å². The molecular formula is C22H26N4O3S. The number of pyridine rings is 1. The first-order valence-corrected chi connectivity index (χ1v) is 10.9. The first kappa shape index (κ1) is 20.6. The van der Waals surface area contributed by atoms with Crippen molar-refractivity contribution >= 4 is 28.1 Å². The summed E-state index contributed by atoms with van der Waals surface area (Å²) in [6.45, 7) is 6.81. The van der Waals surface area contributed by atoms with E-state index in [-0.39, 0.29) is 18.1 Å². The summed E-state index contributed by atoms with van der Waals surface area (Å²) >= 11 is 1.63. The van der Waals surface area contributed by atoms with Gasteiger partial charge in [-0.2, -0.15) is 0 Å². The largest absolute Gasteiger partial charge is 0.496 e. The zero-order valence-corrected chi connectivity index (χ0v) is 18.4. The number of hydrogen-bond acceptors (Lipinski definition) is 7. The maximum absolute atomic E-state index is 11.5. The van der Waals surface area contributed by atoms with Crippen LogP contribution in [0.1, 0.15) is 36.8 Å². The molecule has 30 heavy (non-hydrogen) atoms. The van der Waals surface area contributed by atoms with Crippen LogP contribution in [0.15, 0.2) is 23.6 Å². The molecule has 1 saturated heterocycles. The van der Waals surface area contributed by atoms with Crippen molar-refractivity contribution in [1.82, 2.24) is 15.3 Å². The fourth-order valence-corrected chi connectivity index (χ4v) is 4.52. The summed E-state index contributed by atoms with van der Waals surface area (Å²) in [5, 5.41) is 7.12. The van der Waals surface area contributed by atoms with Crippen LogP contribution in [-0.2, 0) is 4.79 Å². The first-order valence-electron chi connectivity index (χ1n) is 10.0. The molecule has 3 N–H and O–H groups in total. The number of rotatable bonds is 6. The van der Waals surface area contributed by atoms with Gasteiger partial charge in [0, 0.05) is 41.3 Å². The number of aromatic nitrogens is 2. The number of thiazole rings is 1. The van der Waals surface area contributed by atoms with E-state index in [1.807, 2.05) is 30.5 Å². The number of benzene rings is 1. The third-order valence-electron chi connectivity index (χ3n) is 5.37. The van der Waals surface area contributed by atoms with Gasteiger partial charge in [-0.3, -0.25) is 4.79 Å². The lowest BCUT2D eigenvalue weighted by Crippen LogP contribution is -2.36. The van der Waals surface area contributed by atoms with Gasteiger partial charge in [0.25, 0.3) is 0 Å². The average Bonchev–Trinajstić information content (AvgIpc) is 3.38. The SMILES string of the molecule is COc1ccc2c(OC3CNC(C(N)=O)C3)cc(-c3csc(C(C)C)n3)nc2c1C. The van der Waals surface area contributed by atoms with Crippen LogP contribution in [0, 0.1) is 6.92 Å². The maximum Gasteiger partial charge on any atom is 0.234 e. The molecule has 1 aliphatic rings. The summed E-state index contributed by atoms with van der Waals surface area (Å²) in [4.78, 5) is 21.2. The van der Waals surface area contributed by atoms with Crippen molar-refractivity contribution in [2.75, 3.05) is 13.7 Å². The standard InChI is InChI=1S/C22H26N4O3S/c1-11(2)22-26-17(10-30-22)15-8-19(29-13-7-16(21(23)27)24-9-13)14-5-6-18(28-4)12(3)20(14)25-15/h5-6,8,10-11,13,16,24H,7,9H2,1-4H3,(H2,23,27). The number of ether oxygens (including phenoxy) is 2. The minimum atomic E-state index is -0.364. The Hall–Kier alpha value is -2.71. The molecule has 158 valence electrons. The van der Waals surface area contributed by atoms with Crippen LogP contribution in [0.4, 0.5) is 0 Å². The van der Waals surface area contributed by atoms with Crippen molar-refractivity contribution in [2.24, 2.45) is 5.73 Å². The Morgan fingerprint density at radius 2 is 2.07 bits per heavy atom. The molecule has 0 radical (unpaired) electrons. The second-order valence-corrected chi connectivity index (χ2v) is 8.75. The molecule has 3 heterocycles. The monoisotopic (exact) mass is 426 g/mol. The topological polar surface area (TPSA) is 99.4 Å². The molecule has 2 atom stereocenters. The second kappa shape index (κ2) is 8.20. The van der Waals surface area contributed by atoms with Crippen molar-refractivity contribution < 1.29 is 14.3 Å². The number of aryl methyl sites for hydroxylation is 1. The van der Waals surface area contributed by atoms with E-state index >= 15 is 0 Å². The molecule has 8 heteroatoms. The number of primary amides is 1. The number of carbonyl (C=O) groups excluding carboxylic acids is 1. The van der Waals surface area contributed by atoms with Crippen molar-refractivity contribution in [1.29, 1.82) is 0 Å². The minimum absolute atomic E-state index is 0.148. The summed E-state index contributed by atoms with van der Waals surface area (Å²) in [6, 6.07) is 5.45. The number of hydrogen-bond donors (Lipinski definition) is 2. The Morgan fingerprint density at radius 1 is 1.27 bits per heavy atom. The number of fused-ring (bicyclic) bond motifs is 1. The van der Waals surface area contributed by atoms with Gasteiger partial charge in [-0.25, -0.2) is 9.97 Å². The Morgan fingerprint density at radius 3 is 2.70 bits per heavy atom. The van der Waals surface area contributed by atoms with E-state index in [4.69, 9.17) is 25.2 Å². The molecule has 2 aromatic heterocycles. The Kier molecular flexibility index (Phi) is 5.62. The molecule has 1 aromatic carbocycles. The third kappa shape index (κ3) is 3.85. The van der Waals surface area contributed by atoms with E-state index in [0.29, 0.717) is 18.9 Å². The van der Waals surface area contributed by atoms with Crippen LogP contribution in [0.5, 0.6) is 11.5 Å². The number of nitrogens with one attached hydrogen (secondary N) is 1. The molecule has 0 bridgehead atoms. The highest BCUT2D eigenvalue weighted by molar-refractivity contribution is 7.10. The Labute approximate surface area is 179 Å². The first-order chi connectivity index (χ1) is 14.4. The van der Waals surface area contributed by atoms with E-state index < -0.39 is 0 Å². The normalized spacial score (nSPS) is 18.8. The lowest BCUT2D eigenvalue weighted by molar-refractivity contribution is -0.119. The smallest absolute Gasteiger partial charge is 0.234 e. The molecule has 1 amide bonds. The van der Waals surface area contributed by atoms with Crippen molar-refractivity contribution in [3.05, 3.63) is 34.2 Å². The highest BCUT2D eigenvalue weighted by Crippen LogP contribution is 2.36. The number of nitrogens with two attached hydrogens (primary N) is 1. The third-order valence-corrected chi connectivity index (χ3v) is 6.52. The maximum atomic E-state index is 11.5. The summed E-state index contributed by atoms with van der Waals surface area (Å²) in [7, 11) is 1.65. The highest BCUT2D eigenvalue weighted by atomic mass is 32.1. The van der Waals surface area contributed by atoms with E-state index in [0.717, 1.165) is 44.4 Å². The number of methoxy groups -OCH3 is 1. The van der Waals surface area contributed by atoms with Gasteiger partial charge < -0.3 is 20.5 Å². The quantitative estimate of drug-likeness (QED) is 0.627. The van der Waals surface area contributed by atoms with Gasteiger partial charge in [-0.05, 0) is 19.1 Å². The van der Waals surface area contributed by atoms with E-state index in [1.54, 1.807) is 18.4 Å². The van der Waals surface area contributed by atoms with Gasteiger partial charge >= 0.3 is 0 Å². The van der Waals surface area contributed by atoms with Gasteiger partial charge in [-0.15, -0.1) is 11.3 Å². The van der Waals surface area contributed by atoms with Gasteiger partial charge in [0.2, 0.25) is 5.91 Å². The predicted molar refractivity (Wildman–Crippen MR) is 118 cm³/mol. The number of nitrogens with zero attached hydrogens (tertiary/aromatic N) is 2. The fraction of sp³-hybridized carbons (Fsp3) is 0.409. The van der Waals surface area contributed by atoms with Crippen molar-refractivity contribution in [3.63, 3.8) is 0 Å². The van der Waals surface area contributed by atoms with Crippen LogP contribution in [0.25, 0.3) is 22.3 Å². The number of amides is 1. The predicted octanol–water partition coefficient (Wildman–Crippen LogP) is 3.39. The Balaban J connectivity index is 1.79. The molecule has 7 nitrogen and oxygen atoms in total. The van der Waals surface area contributed by atoms with Crippen LogP contribution in [0.2, 0.25) is 0 Å².